The number of hydrogen-bond acceptors (Lipinski definition) is 5. The maximum Gasteiger partial charge on any atom is 0.253 e. The molecule has 1 heterocycles. The van der Waals surface area contributed by atoms with Gasteiger partial charge in [0.2, 0.25) is 0 Å². The molecule has 0 aliphatic carbocycles. The number of nitrogen functional groups attached to an aromatic ring is 1. The molecule has 0 aromatic carbocycles. The van der Waals surface area contributed by atoms with E-state index in [0.29, 0.717) is 21.7 Å². The number of nitrogens with two attached hydrogens (primary N) is 2. The first-order valence-electron chi connectivity index (χ1n) is 6.65. The summed E-state index contributed by atoms with van der Waals surface area (Å²) in [4.78, 5) is 14.1. The predicted octanol–water partition coefficient (Wildman–Crippen LogP) is 2.42. The number of primary amides is 1. The first kappa shape index (κ1) is 16.3. The van der Waals surface area contributed by atoms with Gasteiger partial charge in [0.25, 0.3) is 5.91 Å². The number of carbonyl (C=O) groups is 1. The van der Waals surface area contributed by atoms with Crippen molar-refractivity contribution in [1.82, 2.24) is 0 Å². The van der Waals surface area contributed by atoms with E-state index < -0.39 is 5.91 Å². The van der Waals surface area contributed by atoms with Crippen molar-refractivity contribution in [2.45, 2.75) is 27.7 Å². The molecule has 0 radical (unpaired) electrons. The van der Waals surface area contributed by atoms with Gasteiger partial charge in [0.05, 0.1) is 11.3 Å². The van der Waals surface area contributed by atoms with Crippen molar-refractivity contribution >= 4 is 27.9 Å². The molecule has 1 rings (SSSR count). The molecule has 0 aliphatic heterocycles. The summed E-state index contributed by atoms with van der Waals surface area (Å²) in [7, 11) is 0. The lowest BCUT2D eigenvalue weighted by Crippen LogP contribution is -2.32. The van der Waals surface area contributed by atoms with E-state index in [9.17, 15) is 4.79 Å². The second-order valence-electron chi connectivity index (χ2n) is 5.69. The Labute approximate surface area is 124 Å². The lowest BCUT2D eigenvalue weighted by atomic mass is 10.1. The van der Waals surface area contributed by atoms with Gasteiger partial charge in [0.15, 0.2) is 0 Å². The third kappa shape index (κ3) is 3.64. The van der Waals surface area contributed by atoms with Gasteiger partial charge in [-0.3, -0.25) is 4.79 Å². The molecular weight excluding hydrogens is 272 g/mol. The summed E-state index contributed by atoms with van der Waals surface area (Å²) in [6.45, 7) is 10.0. The fourth-order valence-corrected chi connectivity index (χ4v) is 3.14. The minimum Gasteiger partial charge on any atom is -0.396 e. The van der Waals surface area contributed by atoms with E-state index in [0.717, 1.165) is 13.1 Å². The molecule has 1 aromatic heterocycles. The van der Waals surface area contributed by atoms with Gasteiger partial charge in [-0.25, -0.2) is 0 Å². The predicted molar refractivity (Wildman–Crippen MR) is 83.9 cm³/mol. The lowest BCUT2D eigenvalue weighted by molar-refractivity contribution is 0.100. The molecule has 0 aliphatic rings. The Balaban J connectivity index is 3.31. The van der Waals surface area contributed by atoms with Crippen LogP contribution in [0.5, 0.6) is 0 Å². The molecule has 20 heavy (non-hydrogen) atoms. The Morgan fingerprint density at radius 1 is 1.30 bits per heavy atom. The van der Waals surface area contributed by atoms with Crippen molar-refractivity contribution in [3.63, 3.8) is 0 Å². The van der Waals surface area contributed by atoms with Crippen LogP contribution in [-0.2, 0) is 0 Å². The molecule has 0 spiro atoms. The number of amides is 1. The normalized spacial score (nSPS) is 10.8. The summed E-state index contributed by atoms with van der Waals surface area (Å²) >= 11 is 1.25. The van der Waals surface area contributed by atoms with Gasteiger partial charge in [-0.05, 0) is 11.8 Å². The Bertz CT molecular complexity index is 518. The van der Waals surface area contributed by atoms with Crippen LogP contribution in [0.1, 0.15) is 42.9 Å². The Morgan fingerprint density at radius 3 is 2.15 bits per heavy atom. The smallest absolute Gasteiger partial charge is 0.253 e. The highest BCUT2D eigenvalue weighted by Crippen LogP contribution is 2.38. The largest absolute Gasteiger partial charge is 0.396 e. The lowest BCUT2D eigenvalue weighted by Gasteiger charge is -2.27. The summed E-state index contributed by atoms with van der Waals surface area (Å²) < 4.78 is 0. The molecule has 0 fully saturated rings. The van der Waals surface area contributed by atoms with E-state index in [-0.39, 0.29) is 11.3 Å². The highest BCUT2D eigenvalue weighted by molar-refractivity contribution is 7.17. The minimum atomic E-state index is -0.576. The molecule has 1 aromatic rings. The van der Waals surface area contributed by atoms with Crippen molar-refractivity contribution in [3.8, 4) is 6.07 Å². The van der Waals surface area contributed by atoms with Crippen molar-refractivity contribution in [2.75, 3.05) is 23.7 Å². The molecule has 0 bridgehead atoms. The quantitative estimate of drug-likeness (QED) is 0.842. The van der Waals surface area contributed by atoms with E-state index in [2.05, 4.69) is 32.6 Å². The molecule has 110 valence electrons. The number of anilines is 2. The van der Waals surface area contributed by atoms with Gasteiger partial charge in [0, 0.05) is 13.1 Å². The molecule has 4 N–H and O–H groups in total. The number of hydrogen-bond donors (Lipinski definition) is 2. The maximum absolute atomic E-state index is 11.7. The van der Waals surface area contributed by atoms with Crippen molar-refractivity contribution < 1.29 is 4.79 Å². The van der Waals surface area contributed by atoms with Crippen LogP contribution in [0, 0.1) is 23.2 Å². The van der Waals surface area contributed by atoms with Crippen LogP contribution in [0.4, 0.5) is 10.7 Å². The van der Waals surface area contributed by atoms with Gasteiger partial charge in [0.1, 0.15) is 15.9 Å². The molecule has 0 atom stereocenters. The van der Waals surface area contributed by atoms with Gasteiger partial charge in [-0.15, -0.1) is 11.3 Å². The van der Waals surface area contributed by atoms with E-state index in [1.807, 2.05) is 6.07 Å². The molecule has 0 saturated heterocycles. The van der Waals surface area contributed by atoms with Gasteiger partial charge >= 0.3 is 0 Å². The van der Waals surface area contributed by atoms with E-state index >= 15 is 0 Å². The third-order valence-electron chi connectivity index (χ3n) is 2.73. The molecule has 5 nitrogen and oxygen atoms in total. The molecule has 1 amide bonds. The van der Waals surface area contributed by atoms with Crippen LogP contribution in [-0.4, -0.2) is 19.0 Å². The van der Waals surface area contributed by atoms with E-state index in [1.54, 1.807) is 0 Å². The highest BCUT2D eigenvalue weighted by Gasteiger charge is 2.25. The summed E-state index contributed by atoms with van der Waals surface area (Å²) in [5.41, 5.74) is 11.8. The summed E-state index contributed by atoms with van der Waals surface area (Å²) in [5, 5.41) is 9.81. The summed E-state index contributed by atoms with van der Waals surface area (Å²) in [6.07, 6.45) is 0. The number of rotatable bonds is 6. The van der Waals surface area contributed by atoms with Crippen LogP contribution in [0.25, 0.3) is 0 Å². The zero-order chi connectivity index (χ0) is 15.4. The van der Waals surface area contributed by atoms with Crippen LogP contribution >= 0.6 is 11.3 Å². The average molecular weight is 294 g/mol. The van der Waals surface area contributed by atoms with Crippen LogP contribution < -0.4 is 16.4 Å². The van der Waals surface area contributed by atoms with Crippen LogP contribution in [0.15, 0.2) is 0 Å². The highest BCUT2D eigenvalue weighted by atomic mass is 32.1. The fourth-order valence-electron chi connectivity index (χ4n) is 2.10. The number of nitrogens with zero attached hydrogens (tertiary/aromatic N) is 2. The maximum atomic E-state index is 11.7. The van der Waals surface area contributed by atoms with E-state index in [1.165, 1.54) is 11.3 Å². The van der Waals surface area contributed by atoms with Crippen molar-refractivity contribution in [1.29, 1.82) is 5.26 Å². The Morgan fingerprint density at radius 2 is 1.80 bits per heavy atom. The zero-order valence-electron chi connectivity index (χ0n) is 12.4. The van der Waals surface area contributed by atoms with Gasteiger partial charge in [-0.2, -0.15) is 5.26 Å². The first-order valence-corrected chi connectivity index (χ1v) is 7.46. The minimum absolute atomic E-state index is 0.206. The topological polar surface area (TPSA) is 96.1 Å². The Kier molecular flexibility index (Phi) is 5.40. The molecule has 0 saturated carbocycles. The number of carbonyl (C=O) groups excluding carboxylic acids is 1. The second kappa shape index (κ2) is 6.62. The summed E-state index contributed by atoms with van der Waals surface area (Å²) in [6, 6.07) is 2.03. The molecular formula is C14H22N4OS. The standard InChI is InChI=1S/C14H22N4OS/c1-8(2)6-18(7-9(3)4)14-11(13(17)19)12(16)10(5-15)20-14/h8-9H,6-7,16H2,1-4H3,(H2,17,19). The zero-order valence-corrected chi connectivity index (χ0v) is 13.3. The first-order chi connectivity index (χ1) is 9.27. The third-order valence-corrected chi connectivity index (χ3v) is 3.90. The summed E-state index contributed by atoms with van der Waals surface area (Å²) in [5.74, 6) is 0.291. The molecule has 6 heteroatoms. The van der Waals surface area contributed by atoms with Crippen molar-refractivity contribution in [2.24, 2.45) is 17.6 Å². The van der Waals surface area contributed by atoms with Crippen LogP contribution in [0.3, 0.4) is 0 Å². The molecule has 0 unspecified atom stereocenters. The van der Waals surface area contributed by atoms with Gasteiger partial charge in [-0.1, -0.05) is 27.7 Å². The fraction of sp³-hybridized carbons (Fsp3) is 0.571. The Hall–Kier alpha value is -1.74. The number of thiophene rings is 1. The average Bonchev–Trinajstić information content (AvgIpc) is 2.64. The van der Waals surface area contributed by atoms with Crippen molar-refractivity contribution in [3.05, 3.63) is 10.4 Å². The SMILES string of the molecule is CC(C)CN(CC(C)C)c1sc(C#N)c(N)c1C(N)=O. The second-order valence-corrected chi connectivity index (χ2v) is 6.69. The number of nitriles is 1. The monoisotopic (exact) mass is 294 g/mol. The van der Waals surface area contributed by atoms with E-state index in [4.69, 9.17) is 16.7 Å². The van der Waals surface area contributed by atoms with Crippen LogP contribution in [0.2, 0.25) is 0 Å². The van der Waals surface area contributed by atoms with Gasteiger partial charge < -0.3 is 16.4 Å².